The average Bonchev–Trinajstić information content (AvgIpc) is 2.67. The number of nitrogens with two attached hydrogens (primary N) is 2. The van der Waals surface area contributed by atoms with Gasteiger partial charge in [-0.1, -0.05) is 60.7 Å². The summed E-state index contributed by atoms with van der Waals surface area (Å²) in [5, 5.41) is 5.02. The van der Waals surface area contributed by atoms with Crippen molar-refractivity contribution in [3.63, 3.8) is 0 Å². The van der Waals surface area contributed by atoms with E-state index >= 15 is 0 Å². The van der Waals surface area contributed by atoms with Crippen LogP contribution in [0.25, 0.3) is 0 Å². The Balaban J connectivity index is 1.81. The summed E-state index contributed by atoms with van der Waals surface area (Å²) in [6.45, 7) is -0.278. The summed E-state index contributed by atoms with van der Waals surface area (Å²) in [6.07, 6.45) is 0.648. The van der Waals surface area contributed by atoms with Crippen LogP contribution in [0.2, 0.25) is 0 Å². The SMILES string of the molecule is NC(=O)[C@H](Cc1ccccc1)NC(=O)CNC(=O)[C@@H](N)Cc1ccccc1. The average molecular weight is 368 g/mol. The normalized spacial score (nSPS) is 12.6. The molecular formula is C20H24N4O3. The molecular weight excluding hydrogens is 344 g/mol. The van der Waals surface area contributed by atoms with E-state index in [0.29, 0.717) is 6.42 Å². The number of hydrogen-bond acceptors (Lipinski definition) is 4. The summed E-state index contributed by atoms with van der Waals surface area (Å²) >= 11 is 0. The third kappa shape index (κ3) is 6.91. The van der Waals surface area contributed by atoms with Gasteiger partial charge in [0.1, 0.15) is 6.04 Å². The molecule has 0 radical (unpaired) electrons. The van der Waals surface area contributed by atoms with Crippen LogP contribution in [0, 0.1) is 0 Å². The molecule has 0 bridgehead atoms. The number of amides is 3. The molecule has 2 rings (SSSR count). The van der Waals surface area contributed by atoms with E-state index in [9.17, 15) is 14.4 Å². The number of rotatable bonds is 9. The maximum atomic E-state index is 12.1. The molecule has 6 N–H and O–H groups in total. The second-order valence-corrected chi connectivity index (χ2v) is 6.23. The van der Waals surface area contributed by atoms with E-state index in [1.165, 1.54) is 0 Å². The zero-order chi connectivity index (χ0) is 19.6. The van der Waals surface area contributed by atoms with Crippen LogP contribution in [0.15, 0.2) is 60.7 Å². The van der Waals surface area contributed by atoms with Crippen LogP contribution in [0.1, 0.15) is 11.1 Å². The highest BCUT2D eigenvalue weighted by Gasteiger charge is 2.20. The van der Waals surface area contributed by atoms with E-state index in [4.69, 9.17) is 11.5 Å². The van der Waals surface area contributed by atoms with Crippen molar-refractivity contribution in [2.45, 2.75) is 24.9 Å². The third-order valence-electron chi connectivity index (χ3n) is 4.02. The summed E-state index contributed by atoms with van der Waals surface area (Å²) in [5.74, 6) is -1.58. The number of carbonyl (C=O) groups excluding carboxylic acids is 3. The first-order valence-electron chi connectivity index (χ1n) is 8.65. The van der Waals surface area contributed by atoms with Crippen LogP contribution >= 0.6 is 0 Å². The lowest BCUT2D eigenvalue weighted by Crippen LogP contribution is -2.51. The van der Waals surface area contributed by atoms with Gasteiger partial charge >= 0.3 is 0 Å². The summed E-state index contributed by atoms with van der Waals surface area (Å²) < 4.78 is 0. The Kier molecular flexibility index (Phi) is 7.51. The highest BCUT2D eigenvalue weighted by atomic mass is 16.2. The zero-order valence-electron chi connectivity index (χ0n) is 14.9. The molecule has 7 heteroatoms. The minimum atomic E-state index is -0.852. The Morgan fingerprint density at radius 2 is 1.37 bits per heavy atom. The van der Waals surface area contributed by atoms with Crippen LogP contribution < -0.4 is 22.1 Å². The van der Waals surface area contributed by atoms with Gasteiger partial charge in [0.15, 0.2) is 0 Å². The molecule has 2 aromatic carbocycles. The number of primary amides is 1. The van der Waals surface area contributed by atoms with Crippen molar-refractivity contribution >= 4 is 17.7 Å². The van der Waals surface area contributed by atoms with Crippen molar-refractivity contribution in [1.82, 2.24) is 10.6 Å². The number of benzene rings is 2. The van der Waals surface area contributed by atoms with Crippen molar-refractivity contribution in [3.05, 3.63) is 71.8 Å². The van der Waals surface area contributed by atoms with E-state index < -0.39 is 29.8 Å². The number of hydrogen-bond donors (Lipinski definition) is 4. The van der Waals surface area contributed by atoms with Crippen molar-refractivity contribution in [2.75, 3.05) is 6.54 Å². The van der Waals surface area contributed by atoms with Gasteiger partial charge in [0.05, 0.1) is 12.6 Å². The number of carbonyl (C=O) groups is 3. The van der Waals surface area contributed by atoms with E-state index in [0.717, 1.165) is 11.1 Å². The summed E-state index contributed by atoms with van der Waals surface area (Å²) in [4.78, 5) is 35.7. The van der Waals surface area contributed by atoms with Crippen molar-refractivity contribution in [1.29, 1.82) is 0 Å². The van der Waals surface area contributed by atoms with Gasteiger partial charge in [-0.15, -0.1) is 0 Å². The molecule has 0 spiro atoms. The van der Waals surface area contributed by atoms with Crippen LogP contribution in [-0.2, 0) is 27.2 Å². The largest absolute Gasteiger partial charge is 0.368 e. The molecule has 27 heavy (non-hydrogen) atoms. The fourth-order valence-corrected chi connectivity index (χ4v) is 2.58. The van der Waals surface area contributed by atoms with Crippen LogP contribution in [0.5, 0.6) is 0 Å². The molecule has 7 nitrogen and oxygen atoms in total. The van der Waals surface area contributed by atoms with Gasteiger partial charge in [-0.05, 0) is 17.5 Å². The lowest BCUT2D eigenvalue weighted by atomic mass is 10.1. The topological polar surface area (TPSA) is 127 Å². The van der Waals surface area contributed by atoms with Gasteiger partial charge in [0, 0.05) is 6.42 Å². The van der Waals surface area contributed by atoms with Gasteiger partial charge in [0.2, 0.25) is 17.7 Å². The monoisotopic (exact) mass is 368 g/mol. The predicted molar refractivity (Wildman–Crippen MR) is 102 cm³/mol. The third-order valence-corrected chi connectivity index (χ3v) is 4.02. The fraction of sp³-hybridized carbons (Fsp3) is 0.250. The highest BCUT2D eigenvalue weighted by molar-refractivity contribution is 5.90. The zero-order valence-corrected chi connectivity index (χ0v) is 14.9. The first kappa shape index (κ1) is 20.1. The van der Waals surface area contributed by atoms with Gasteiger partial charge in [-0.3, -0.25) is 14.4 Å². The lowest BCUT2D eigenvalue weighted by molar-refractivity contribution is -0.129. The Hall–Kier alpha value is -3.19. The predicted octanol–water partition coefficient (Wildman–Crippen LogP) is -0.115. The van der Waals surface area contributed by atoms with Crippen LogP contribution in [0.3, 0.4) is 0 Å². The summed E-state index contributed by atoms with van der Waals surface area (Å²) in [7, 11) is 0. The van der Waals surface area contributed by atoms with Crippen molar-refractivity contribution < 1.29 is 14.4 Å². The molecule has 0 aliphatic rings. The minimum Gasteiger partial charge on any atom is -0.368 e. The molecule has 142 valence electrons. The molecule has 2 aromatic rings. The standard InChI is InChI=1S/C20H24N4O3/c21-16(11-14-7-3-1-4-8-14)20(27)23-13-18(25)24-17(19(22)26)12-15-9-5-2-6-10-15/h1-10,16-17H,11-13,21H2,(H2,22,26)(H,23,27)(H,24,25)/t16-,17-/m0/s1. The smallest absolute Gasteiger partial charge is 0.240 e. The molecule has 0 heterocycles. The molecule has 0 aliphatic carbocycles. The van der Waals surface area contributed by atoms with Crippen molar-refractivity contribution in [3.8, 4) is 0 Å². The summed E-state index contributed by atoms with van der Waals surface area (Å²) in [6, 6.07) is 17.0. The van der Waals surface area contributed by atoms with Gasteiger partial charge < -0.3 is 22.1 Å². The molecule has 0 saturated heterocycles. The Morgan fingerprint density at radius 1 is 0.852 bits per heavy atom. The van der Waals surface area contributed by atoms with Gasteiger partial charge in [-0.2, -0.15) is 0 Å². The van der Waals surface area contributed by atoms with Crippen LogP contribution in [-0.4, -0.2) is 36.3 Å². The number of nitrogens with one attached hydrogen (secondary N) is 2. The van der Waals surface area contributed by atoms with Crippen LogP contribution in [0.4, 0.5) is 0 Å². The molecule has 3 amide bonds. The molecule has 0 aliphatic heterocycles. The van der Waals surface area contributed by atoms with E-state index in [2.05, 4.69) is 10.6 Å². The molecule has 0 saturated carbocycles. The Labute approximate surface area is 158 Å². The van der Waals surface area contributed by atoms with E-state index in [1.807, 2.05) is 60.7 Å². The van der Waals surface area contributed by atoms with E-state index in [-0.39, 0.29) is 13.0 Å². The van der Waals surface area contributed by atoms with Gasteiger partial charge in [-0.25, -0.2) is 0 Å². The first-order chi connectivity index (χ1) is 13.0. The maximum absolute atomic E-state index is 12.1. The minimum absolute atomic E-state index is 0.278. The van der Waals surface area contributed by atoms with E-state index in [1.54, 1.807) is 0 Å². The Morgan fingerprint density at radius 3 is 1.89 bits per heavy atom. The maximum Gasteiger partial charge on any atom is 0.240 e. The van der Waals surface area contributed by atoms with Gasteiger partial charge in [0.25, 0.3) is 0 Å². The summed E-state index contributed by atoms with van der Waals surface area (Å²) in [5.41, 5.74) is 13.0. The quantitative estimate of drug-likeness (QED) is 0.492. The van der Waals surface area contributed by atoms with Crippen molar-refractivity contribution in [2.24, 2.45) is 11.5 Å². The second kappa shape index (κ2) is 10.1. The Bertz CT molecular complexity index is 765. The lowest BCUT2D eigenvalue weighted by Gasteiger charge is -2.17. The molecule has 0 aromatic heterocycles. The second-order valence-electron chi connectivity index (χ2n) is 6.23. The highest BCUT2D eigenvalue weighted by Crippen LogP contribution is 2.03. The molecule has 2 atom stereocenters. The molecule has 0 fully saturated rings. The fourth-order valence-electron chi connectivity index (χ4n) is 2.58. The first-order valence-corrected chi connectivity index (χ1v) is 8.65. The molecule has 0 unspecified atom stereocenters.